The van der Waals surface area contributed by atoms with Crippen molar-refractivity contribution in [3.63, 3.8) is 0 Å². The summed E-state index contributed by atoms with van der Waals surface area (Å²) in [4.78, 5) is 19.9. The van der Waals surface area contributed by atoms with E-state index in [2.05, 4.69) is 19.8 Å². The third kappa shape index (κ3) is 4.74. The van der Waals surface area contributed by atoms with Crippen LogP contribution >= 0.6 is 0 Å². The molecule has 0 atom stereocenters. The van der Waals surface area contributed by atoms with Crippen molar-refractivity contribution in [3.8, 4) is 11.1 Å². The summed E-state index contributed by atoms with van der Waals surface area (Å²) in [7, 11) is 0. The van der Waals surface area contributed by atoms with E-state index in [0.29, 0.717) is 16.9 Å². The van der Waals surface area contributed by atoms with Crippen LogP contribution in [0.2, 0.25) is 0 Å². The van der Waals surface area contributed by atoms with E-state index in [9.17, 15) is 4.79 Å². The molecule has 33 heavy (non-hydrogen) atoms. The summed E-state index contributed by atoms with van der Waals surface area (Å²) in [5, 5.41) is 2.96. The summed E-state index contributed by atoms with van der Waals surface area (Å²) in [5.41, 5.74) is 11.7. The van der Waals surface area contributed by atoms with Gasteiger partial charge in [0.1, 0.15) is 0 Å². The van der Waals surface area contributed by atoms with Crippen molar-refractivity contribution in [1.82, 2.24) is 14.5 Å². The van der Waals surface area contributed by atoms with Crippen LogP contribution in [0.15, 0.2) is 73.1 Å². The lowest BCUT2D eigenvalue weighted by Gasteiger charge is -2.26. The standard InChI is InChI=1S/C26H27N5O2/c27-22-8-6-20(19-4-2-1-3-5-19)16-23(22)29-26(32)21-7-9-25-24(17-21)28-18-31(25)11-10-30-12-14-33-15-13-30/h1-9,16-18H,10-15,27H2,(H,29,32). The average Bonchev–Trinajstić information content (AvgIpc) is 3.27. The third-order valence-electron chi connectivity index (χ3n) is 6.05. The number of nitrogen functional groups attached to an aromatic ring is 1. The first-order valence-corrected chi connectivity index (χ1v) is 11.2. The van der Waals surface area contributed by atoms with Crippen LogP contribution in [-0.4, -0.2) is 53.2 Å². The van der Waals surface area contributed by atoms with Crippen molar-refractivity contribution in [2.24, 2.45) is 0 Å². The van der Waals surface area contributed by atoms with Crippen LogP contribution < -0.4 is 11.1 Å². The van der Waals surface area contributed by atoms with Gasteiger partial charge in [-0.25, -0.2) is 4.98 Å². The Bertz CT molecular complexity index is 1260. The molecule has 3 N–H and O–H groups in total. The Morgan fingerprint density at radius 3 is 2.61 bits per heavy atom. The van der Waals surface area contributed by atoms with Crippen LogP contribution in [0.5, 0.6) is 0 Å². The van der Waals surface area contributed by atoms with E-state index in [4.69, 9.17) is 10.5 Å². The number of nitrogens with two attached hydrogens (primary N) is 1. The molecule has 0 radical (unpaired) electrons. The Balaban J connectivity index is 1.31. The number of imidazole rings is 1. The van der Waals surface area contributed by atoms with Gasteiger partial charge in [-0.05, 0) is 41.5 Å². The second-order valence-electron chi connectivity index (χ2n) is 8.22. The van der Waals surface area contributed by atoms with Gasteiger partial charge in [0.25, 0.3) is 5.91 Å². The highest BCUT2D eigenvalue weighted by molar-refractivity contribution is 6.07. The molecule has 1 aliphatic heterocycles. The van der Waals surface area contributed by atoms with Gasteiger partial charge in [-0.1, -0.05) is 36.4 Å². The smallest absolute Gasteiger partial charge is 0.255 e. The number of anilines is 2. The van der Waals surface area contributed by atoms with Crippen molar-refractivity contribution in [2.75, 3.05) is 43.9 Å². The number of rotatable bonds is 6. The predicted molar refractivity (Wildman–Crippen MR) is 131 cm³/mol. The van der Waals surface area contributed by atoms with Crippen molar-refractivity contribution in [1.29, 1.82) is 0 Å². The number of nitrogens with zero attached hydrogens (tertiary/aromatic N) is 3. The molecule has 168 valence electrons. The van der Waals surface area contributed by atoms with E-state index < -0.39 is 0 Å². The Labute approximate surface area is 192 Å². The van der Waals surface area contributed by atoms with Gasteiger partial charge in [-0.15, -0.1) is 0 Å². The van der Waals surface area contributed by atoms with Gasteiger partial charge in [0.15, 0.2) is 0 Å². The first-order chi connectivity index (χ1) is 16.2. The van der Waals surface area contributed by atoms with Crippen LogP contribution in [-0.2, 0) is 11.3 Å². The van der Waals surface area contributed by atoms with Crippen LogP contribution in [0.1, 0.15) is 10.4 Å². The molecule has 7 heteroatoms. The second-order valence-corrected chi connectivity index (χ2v) is 8.22. The first-order valence-electron chi connectivity index (χ1n) is 11.2. The number of hydrogen-bond donors (Lipinski definition) is 2. The molecule has 2 heterocycles. The van der Waals surface area contributed by atoms with Crippen molar-refractivity contribution in [2.45, 2.75) is 6.54 Å². The van der Waals surface area contributed by atoms with E-state index in [1.54, 1.807) is 0 Å². The molecular weight excluding hydrogens is 414 g/mol. The number of nitrogens with one attached hydrogen (secondary N) is 1. The minimum Gasteiger partial charge on any atom is -0.397 e. The van der Waals surface area contributed by atoms with Crippen LogP contribution in [0, 0.1) is 0 Å². The lowest BCUT2D eigenvalue weighted by atomic mass is 10.0. The molecule has 7 nitrogen and oxygen atoms in total. The minimum atomic E-state index is -0.211. The fourth-order valence-corrected chi connectivity index (χ4v) is 4.13. The summed E-state index contributed by atoms with van der Waals surface area (Å²) in [6.07, 6.45) is 1.84. The van der Waals surface area contributed by atoms with Crippen molar-refractivity contribution < 1.29 is 9.53 Å². The fourth-order valence-electron chi connectivity index (χ4n) is 4.13. The van der Waals surface area contributed by atoms with E-state index in [-0.39, 0.29) is 5.91 Å². The Morgan fingerprint density at radius 2 is 1.79 bits per heavy atom. The quantitative estimate of drug-likeness (QED) is 0.444. The molecule has 1 saturated heterocycles. The molecule has 3 aromatic carbocycles. The zero-order valence-electron chi connectivity index (χ0n) is 18.4. The van der Waals surface area contributed by atoms with E-state index >= 15 is 0 Å². The summed E-state index contributed by atoms with van der Waals surface area (Å²) in [6.45, 7) is 5.32. The Hall–Kier alpha value is -3.68. The predicted octanol–water partition coefficient (Wildman–Crippen LogP) is 3.87. The lowest BCUT2D eigenvalue weighted by Crippen LogP contribution is -2.38. The fraction of sp³-hybridized carbons (Fsp3) is 0.231. The SMILES string of the molecule is Nc1ccc(-c2ccccc2)cc1NC(=O)c1ccc2c(c1)ncn2CCN1CCOCC1. The molecule has 0 bridgehead atoms. The number of carbonyl (C=O) groups is 1. The third-order valence-corrected chi connectivity index (χ3v) is 6.05. The van der Waals surface area contributed by atoms with Crippen molar-refractivity contribution in [3.05, 3.63) is 78.6 Å². The van der Waals surface area contributed by atoms with E-state index in [0.717, 1.165) is 61.6 Å². The summed E-state index contributed by atoms with van der Waals surface area (Å²) >= 11 is 0. The number of morpholine rings is 1. The highest BCUT2D eigenvalue weighted by atomic mass is 16.5. The molecule has 1 aliphatic rings. The minimum absolute atomic E-state index is 0.211. The van der Waals surface area contributed by atoms with Gasteiger partial charge in [0.05, 0.1) is 41.9 Å². The van der Waals surface area contributed by atoms with Gasteiger partial charge in [-0.3, -0.25) is 9.69 Å². The maximum absolute atomic E-state index is 13.0. The number of ether oxygens (including phenoxy) is 1. The lowest BCUT2D eigenvalue weighted by molar-refractivity contribution is 0.0365. The molecule has 4 aromatic rings. The summed E-state index contributed by atoms with van der Waals surface area (Å²) in [5.74, 6) is -0.211. The van der Waals surface area contributed by atoms with Crippen molar-refractivity contribution >= 4 is 28.3 Å². The number of hydrogen-bond acceptors (Lipinski definition) is 5. The topological polar surface area (TPSA) is 85.4 Å². The number of aromatic nitrogens is 2. The Morgan fingerprint density at radius 1 is 0.970 bits per heavy atom. The van der Waals surface area contributed by atoms with Gasteiger partial charge in [0, 0.05) is 31.7 Å². The van der Waals surface area contributed by atoms with Crippen LogP contribution in [0.3, 0.4) is 0 Å². The average molecular weight is 442 g/mol. The number of benzene rings is 3. The maximum Gasteiger partial charge on any atom is 0.255 e. The molecule has 0 aliphatic carbocycles. The summed E-state index contributed by atoms with van der Waals surface area (Å²) in [6, 6.07) is 21.3. The molecule has 0 unspecified atom stereocenters. The number of fused-ring (bicyclic) bond motifs is 1. The van der Waals surface area contributed by atoms with Gasteiger partial charge < -0.3 is 20.4 Å². The largest absolute Gasteiger partial charge is 0.397 e. The highest BCUT2D eigenvalue weighted by Crippen LogP contribution is 2.28. The first kappa shape index (κ1) is 21.2. The number of carbonyl (C=O) groups excluding carboxylic acids is 1. The van der Waals surface area contributed by atoms with Gasteiger partial charge >= 0.3 is 0 Å². The maximum atomic E-state index is 13.0. The monoisotopic (exact) mass is 441 g/mol. The second kappa shape index (κ2) is 9.44. The molecule has 1 amide bonds. The zero-order valence-corrected chi connectivity index (χ0v) is 18.4. The molecule has 0 spiro atoms. The van der Waals surface area contributed by atoms with E-state index in [1.807, 2.05) is 73.1 Å². The molecule has 0 saturated carbocycles. The molecule has 1 aromatic heterocycles. The molecular formula is C26H27N5O2. The van der Waals surface area contributed by atoms with Gasteiger partial charge in [-0.2, -0.15) is 0 Å². The highest BCUT2D eigenvalue weighted by Gasteiger charge is 2.14. The molecule has 1 fully saturated rings. The van der Waals surface area contributed by atoms with Crippen LogP contribution in [0.25, 0.3) is 22.2 Å². The zero-order chi connectivity index (χ0) is 22.6. The van der Waals surface area contributed by atoms with Gasteiger partial charge in [0.2, 0.25) is 0 Å². The Kier molecular flexibility index (Phi) is 6.06. The molecule has 5 rings (SSSR count). The number of amides is 1. The summed E-state index contributed by atoms with van der Waals surface area (Å²) < 4.78 is 7.55. The normalized spacial score (nSPS) is 14.4. The van der Waals surface area contributed by atoms with Crippen LogP contribution in [0.4, 0.5) is 11.4 Å². The van der Waals surface area contributed by atoms with E-state index in [1.165, 1.54) is 0 Å².